The molecule has 3 heterocycles. The summed E-state index contributed by atoms with van der Waals surface area (Å²) >= 11 is 0. The molecule has 0 aromatic rings. The molecule has 0 amide bonds. The van der Waals surface area contributed by atoms with E-state index in [1.807, 2.05) is 27.7 Å². The van der Waals surface area contributed by atoms with Crippen molar-refractivity contribution >= 4 is 23.9 Å². The van der Waals surface area contributed by atoms with Crippen molar-refractivity contribution in [1.29, 1.82) is 0 Å². The zero-order valence-corrected chi connectivity index (χ0v) is 28.7. The van der Waals surface area contributed by atoms with Gasteiger partial charge in [0.2, 0.25) is 5.79 Å². The molecule has 3 N–H and O–H groups in total. The first kappa shape index (κ1) is 32.5. The summed E-state index contributed by atoms with van der Waals surface area (Å²) in [7, 11) is 0. The van der Waals surface area contributed by atoms with Crippen LogP contribution in [0.2, 0.25) is 0 Å². The number of ether oxygens (including phenoxy) is 6. The molecule has 3 aliphatic heterocycles. The molecule has 8 rings (SSSR count). The minimum atomic E-state index is -2.08. The number of fused-ring (bicyclic) bond motifs is 9. The fourth-order valence-electron chi connectivity index (χ4n) is 12.8. The molecule has 19 atom stereocenters. The topological polar surface area (TPSA) is 191 Å². The van der Waals surface area contributed by atoms with Crippen molar-refractivity contribution in [2.24, 2.45) is 57.7 Å². The second-order valence-electron chi connectivity index (χ2n) is 16.7. The molecule has 4 saturated carbocycles. The lowest BCUT2D eigenvalue weighted by molar-refractivity contribution is -0.227. The van der Waals surface area contributed by atoms with Crippen LogP contribution in [0.3, 0.4) is 0 Å². The monoisotopic (exact) mass is 674 g/mol. The lowest BCUT2D eigenvalue weighted by Gasteiger charge is -2.63. The molecule has 0 aromatic heterocycles. The Morgan fingerprint density at radius 2 is 1.46 bits per heavy atom. The molecule has 8 aliphatic rings. The third-order valence-electron chi connectivity index (χ3n) is 14.8. The molecule has 13 heteroatoms. The van der Waals surface area contributed by atoms with Crippen LogP contribution in [0.5, 0.6) is 0 Å². The van der Waals surface area contributed by atoms with Crippen LogP contribution in [0.4, 0.5) is 0 Å². The van der Waals surface area contributed by atoms with E-state index < -0.39 is 124 Å². The zero-order valence-electron chi connectivity index (χ0n) is 28.7. The Hall–Kier alpha value is -2.74. The number of carbonyl (C=O) groups excluding carboxylic acids is 4. The number of esters is 4. The molecule has 48 heavy (non-hydrogen) atoms. The maximum atomic E-state index is 13.4. The number of hydrogen-bond donors (Lipinski definition) is 3. The summed E-state index contributed by atoms with van der Waals surface area (Å²) in [6.45, 7) is 14.5. The van der Waals surface area contributed by atoms with Crippen molar-refractivity contribution in [3.8, 4) is 0 Å². The zero-order chi connectivity index (χ0) is 35.0. The minimum Gasteiger partial charge on any atom is -0.512 e. The number of epoxide rings is 2. The maximum Gasteiger partial charge on any atom is 0.341 e. The van der Waals surface area contributed by atoms with Crippen LogP contribution in [-0.2, 0) is 47.6 Å². The average Bonchev–Trinajstić information content (AvgIpc) is 3.88. The summed E-state index contributed by atoms with van der Waals surface area (Å²) in [5.41, 5.74) is -5.34. The number of hydrogen-bond acceptors (Lipinski definition) is 13. The van der Waals surface area contributed by atoms with Crippen LogP contribution in [-0.4, -0.2) is 93.3 Å². The quantitative estimate of drug-likeness (QED) is 0.224. The van der Waals surface area contributed by atoms with Gasteiger partial charge in [0.25, 0.3) is 0 Å². The van der Waals surface area contributed by atoms with Crippen LogP contribution >= 0.6 is 0 Å². The number of allylic oxidation sites excluding steroid dienone is 1. The van der Waals surface area contributed by atoms with Gasteiger partial charge in [0, 0.05) is 55.3 Å². The highest BCUT2D eigenvalue weighted by Gasteiger charge is 2.93. The van der Waals surface area contributed by atoms with Crippen molar-refractivity contribution in [3.63, 3.8) is 0 Å². The first-order valence-electron chi connectivity index (χ1n) is 17.1. The molecule has 0 bridgehead atoms. The molecular weight excluding hydrogens is 628 g/mol. The van der Waals surface area contributed by atoms with E-state index in [2.05, 4.69) is 0 Å². The van der Waals surface area contributed by atoms with E-state index in [1.165, 1.54) is 27.7 Å². The van der Waals surface area contributed by atoms with Crippen molar-refractivity contribution in [2.75, 3.05) is 0 Å². The number of aliphatic hydroxyl groups is 3. The fourth-order valence-corrected chi connectivity index (χ4v) is 12.8. The molecule has 264 valence electrons. The second-order valence-corrected chi connectivity index (χ2v) is 16.7. The summed E-state index contributed by atoms with van der Waals surface area (Å²) in [4.78, 5) is 52.6. The summed E-state index contributed by atoms with van der Waals surface area (Å²) < 4.78 is 36.8. The average molecular weight is 675 g/mol. The van der Waals surface area contributed by atoms with Crippen molar-refractivity contribution in [3.05, 3.63) is 11.3 Å². The van der Waals surface area contributed by atoms with Gasteiger partial charge in [0.05, 0.1) is 23.4 Å². The molecule has 5 aliphatic carbocycles. The van der Waals surface area contributed by atoms with Crippen LogP contribution in [0.25, 0.3) is 0 Å². The van der Waals surface area contributed by atoms with E-state index in [-0.39, 0.29) is 17.8 Å². The molecule has 13 nitrogen and oxygen atoms in total. The third-order valence-corrected chi connectivity index (χ3v) is 14.8. The minimum absolute atomic E-state index is 0.0404. The van der Waals surface area contributed by atoms with Gasteiger partial charge in [-0.25, -0.2) is 4.79 Å². The Labute approximate surface area is 278 Å². The predicted octanol–water partition coefficient (Wildman–Crippen LogP) is 1.96. The molecule has 0 radical (unpaired) electrons. The third kappa shape index (κ3) is 3.38. The highest BCUT2D eigenvalue weighted by atomic mass is 16.8. The molecule has 3 saturated heterocycles. The SMILES string of the molecule is CC(=O)O[C@H]1[C@@H]2[C@H]([C@H](C)[C@H]3O[C@]34OC(=O)[C@@](C)(O)[C@]24C)[C@]2(C)[C@@H]1C1=C(O)[C@@H](C)[C@H]3C[C@@H]4O[C@@H]4[C@H](O)[C@]3(C)C1[C@H](OC(C)=O)[C@@H]2OC(C)=O. The molecular formula is C35H46O13. The van der Waals surface area contributed by atoms with Crippen LogP contribution in [0.1, 0.15) is 68.7 Å². The van der Waals surface area contributed by atoms with E-state index >= 15 is 0 Å². The largest absolute Gasteiger partial charge is 0.512 e. The van der Waals surface area contributed by atoms with Crippen LogP contribution < -0.4 is 0 Å². The molecule has 0 aromatic carbocycles. The van der Waals surface area contributed by atoms with Crippen molar-refractivity contribution in [2.45, 2.75) is 123 Å². The molecule has 1 spiro atoms. The number of carbonyl (C=O) groups is 4. The predicted molar refractivity (Wildman–Crippen MR) is 160 cm³/mol. The van der Waals surface area contributed by atoms with Gasteiger partial charge in [-0.15, -0.1) is 0 Å². The van der Waals surface area contributed by atoms with Crippen LogP contribution in [0, 0.1) is 57.7 Å². The van der Waals surface area contributed by atoms with Gasteiger partial charge >= 0.3 is 23.9 Å². The summed E-state index contributed by atoms with van der Waals surface area (Å²) in [6.07, 6.45) is -5.13. The first-order chi connectivity index (χ1) is 22.2. The number of aliphatic hydroxyl groups excluding tert-OH is 2. The molecule has 7 fully saturated rings. The number of rotatable bonds is 3. The normalized spacial score (nSPS) is 58.1. The van der Waals surface area contributed by atoms with Gasteiger partial charge in [-0.2, -0.15) is 0 Å². The fraction of sp³-hybridized carbons (Fsp3) is 0.829. The lowest BCUT2D eigenvalue weighted by Crippen LogP contribution is -2.69. The van der Waals surface area contributed by atoms with Gasteiger partial charge in [0.1, 0.15) is 30.5 Å². The van der Waals surface area contributed by atoms with Gasteiger partial charge < -0.3 is 43.7 Å². The Balaban J connectivity index is 1.44. The Kier molecular flexibility index (Phi) is 6.31. The van der Waals surface area contributed by atoms with E-state index in [0.717, 1.165) is 0 Å². The van der Waals surface area contributed by atoms with Gasteiger partial charge in [-0.05, 0) is 43.6 Å². The van der Waals surface area contributed by atoms with E-state index in [4.69, 9.17) is 28.4 Å². The second kappa shape index (κ2) is 9.32. The maximum absolute atomic E-state index is 13.4. The summed E-state index contributed by atoms with van der Waals surface area (Å²) in [5, 5.41) is 36.5. The van der Waals surface area contributed by atoms with Gasteiger partial charge in [-0.3, -0.25) is 14.4 Å². The Morgan fingerprint density at radius 1 is 0.875 bits per heavy atom. The molecule has 1 unspecified atom stereocenters. The van der Waals surface area contributed by atoms with E-state index in [1.54, 1.807) is 6.92 Å². The van der Waals surface area contributed by atoms with Gasteiger partial charge in [-0.1, -0.05) is 27.7 Å². The van der Waals surface area contributed by atoms with Crippen molar-refractivity contribution < 1.29 is 62.9 Å². The Bertz CT molecular complexity index is 1570. The summed E-state index contributed by atoms with van der Waals surface area (Å²) in [5.74, 6) is -8.54. The van der Waals surface area contributed by atoms with E-state index in [9.17, 15) is 34.5 Å². The smallest absolute Gasteiger partial charge is 0.341 e. The Morgan fingerprint density at radius 3 is 2.06 bits per heavy atom. The standard InChI is InChI=1S/C35H46O13/c1-11-16-10-17-24(46-17)27(40)31(16,6)21-18(23(11)39)20-25(43-13(3)36)22-19(32(20,7)29(45-15(5)38)26(21)44-14(4)37)12(2)28-35(47-28)33(22,8)34(9,42)30(41)48-35/h11-12,16-17,19-22,24-29,39-40,42H,10H2,1-9H3/t11-,12-,16+,17-,19-,20+,21?,22-,24-,25+,26-,27-,28+,29-,31-,32+,33-,34+,35-/m0/s1. The highest BCUT2D eigenvalue weighted by molar-refractivity contribution is 5.84. The van der Waals surface area contributed by atoms with Crippen molar-refractivity contribution in [1.82, 2.24) is 0 Å². The lowest BCUT2D eigenvalue weighted by atomic mass is 9.43. The van der Waals surface area contributed by atoms with E-state index in [0.29, 0.717) is 12.0 Å². The first-order valence-corrected chi connectivity index (χ1v) is 17.1. The highest BCUT2D eigenvalue weighted by Crippen LogP contribution is 2.81. The van der Waals surface area contributed by atoms with Crippen LogP contribution in [0.15, 0.2) is 11.3 Å². The summed E-state index contributed by atoms with van der Waals surface area (Å²) in [6, 6.07) is 0. The van der Waals surface area contributed by atoms with Gasteiger partial charge in [0.15, 0.2) is 5.60 Å².